The molecular weight excluding hydrogens is 441 g/mol. The maximum Gasteiger partial charge on any atom is 0.268 e. The zero-order chi connectivity index (χ0) is 21.8. The highest BCUT2D eigenvalue weighted by Crippen LogP contribution is 2.56. The van der Waals surface area contributed by atoms with Gasteiger partial charge in [-0.1, -0.05) is 17.7 Å². The van der Waals surface area contributed by atoms with Gasteiger partial charge in [-0.25, -0.2) is 22.2 Å². The Balaban J connectivity index is 1.64. The average molecular weight is 461 g/mol. The van der Waals surface area contributed by atoms with Crippen LogP contribution in [-0.4, -0.2) is 51.5 Å². The highest BCUT2D eigenvalue weighted by molar-refractivity contribution is 7.92. The maximum absolute atomic E-state index is 14.9. The molecule has 0 amide bonds. The number of benzene rings is 1. The van der Waals surface area contributed by atoms with Crippen LogP contribution in [0.5, 0.6) is 0 Å². The van der Waals surface area contributed by atoms with Crippen LogP contribution in [0, 0.1) is 23.0 Å². The van der Waals surface area contributed by atoms with Gasteiger partial charge in [-0.05, 0) is 39.1 Å². The lowest BCUT2D eigenvalue weighted by Crippen LogP contribution is -2.26. The predicted octanol–water partition coefficient (Wildman–Crippen LogP) is 3.48. The van der Waals surface area contributed by atoms with Crippen LogP contribution in [-0.2, 0) is 10.0 Å². The number of hydrogen-bond acceptors (Lipinski definition) is 5. The van der Waals surface area contributed by atoms with Gasteiger partial charge in [0.1, 0.15) is 16.7 Å². The third-order valence-electron chi connectivity index (χ3n) is 5.82. The first-order chi connectivity index (χ1) is 14.0. The fourth-order valence-electron chi connectivity index (χ4n) is 4.29. The Bertz CT molecular complexity index is 1120. The van der Waals surface area contributed by atoms with E-state index in [1.54, 1.807) is 4.90 Å². The molecule has 2 heterocycles. The molecule has 2 atom stereocenters. The summed E-state index contributed by atoms with van der Waals surface area (Å²) in [6.07, 6.45) is 1.86. The van der Waals surface area contributed by atoms with Crippen LogP contribution in [0.1, 0.15) is 12.8 Å². The molecule has 6 nitrogen and oxygen atoms in total. The lowest BCUT2D eigenvalue weighted by Gasteiger charge is -2.22. The van der Waals surface area contributed by atoms with Crippen molar-refractivity contribution >= 4 is 33.1 Å². The summed E-state index contributed by atoms with van der Waals surface area (Å²) in [5.41, 5.74) is 0.186. The van der Waals surface area contributed by atoms with Crippen molar-refractivity contribution in [1.29, 1.82) is 0 Å². The molecule has 2 aliphatic rings. The van der Waals surface area contributed by atoms with Gasteiger partial charge in [-0.2, -0.15) is 4.39 Å². The van der Waals surface area contributed by atoms with Gasteiger partial charge in [0, 0.05) is 30.6 Å². The SMILES string of the molecule is CN(C)[C@H]1C[C@@]12CCN(c1cc(F)c(S(=O)(=O)Nc3cccc(F)n3)c(F)c1Cl)C2. The van der Waals surface area contributed by atoms with Crippen LogP contribution in [0.4, 0.5) is 24.7 Å². The summed E-state index contributed by atoms with van der Waals surface area (Å²) in [6.45, 7) is 1.16. The predicted molar refractivity (Wildman–Crippen MR) is 108 cm³/mol. The van der Waals surface area contributed by atoms with E-state index in [9.17, 15) is 21.6 Å². The van der Waals surface area contributed by atoms with Gasteiger partial charge in [0.05, 0.1) is 5.69 Å². The summed E-state index contributed by atoms with van der Waals surface area (Å²) in [6, 6.07) is 4.72. The molecule has 2 aromatic rings. The molecule has 1 spiro atoms. The summed E-state index contributed by atoms with van der Waals surface area (Å²) < 4.78 is 69.9. The van der Waals surface area contributed by atoms with E-state index in [2.05, 4.69) is 9.88 Å². The van der Waals surface area contributed by atoms with Crippen LogP contribution >= 0.6 is 11.6 Å². The van der Waals surface area contributed by atoms with Crippen LogP contribution in [0.3, 0.4) is 0 Å². The van der Waals surface area contributed by atoms with Gasteiger partial charge in [-0.3, -0.25) is 4.72 Å². The second-order valence-corrected chi connectivity index (χ2v) is 10.0. The van der Waals surface area contributed by atoms with Crippen LogP contribution in [0.15, 0.2) is 29.2 Å². The maximum atomic E-state index is 14.9. The van der Waals surface area contributed by atoms with Gasteiger partial charge in [-0.15, -0.1) is 0 Å². The fraction of sp³-hybridized carbons (Fsp3) is 0.421. The fourth-order valence-corrected chi connectivity index (χ4v) is 5.76. The Labute approximate surface area is 177 Å². The third kappa shape index (κ3) is 3.61. The number of sulfonamides is 1. The van der Waals surface area contributed by atoms with Crippen molar-refractivity contribution in [2.24, 2.45) is 5.41 Å². The molecule has 1 aromatic heterocycles. The van der Waals surface area contributed by atoms with Crippen molar-refractivity contribution in [1.82, 2.24) is 9.88 Å². The van der Waals surface area contributed by atoms with Gasteiger partial charge in [0.15, 0.2) is 10.7 Å². The van der Waals surface area contributed by atoms with Crippen molar-refractivity contribution < 1.29 is 21.6 Å². The van der Waals surface area contributed by atoms with E-state index < -0.39 is 43.3 Å². The molecule has 1 aliphatic carbocycles. The minimum Gasteiger partial charge on any atom is -0.370 e. The van der Waals surface area contributed by atoms with Crippen LogP contribution in [0.25, 0.3) is 0 Å². The molecule has 1 saturated heterocycles. The topological polar surface area (TPSA) is 65.5 Å². The Hall–Kier alpha value is -2.04. The monoisotopic (exact) mass is 460 g/mol. The van der Waals surface area contributed by atoms with E-state index in [4.69, 9.17) is 11.6 Å². The smallest absolute Gasteiger partial charge is 0.268 e. The Morgan fingerprint density at radius 2 is 2.03 bits per heavy atom. The average Bonchev–Trinajstić information content (AvgIpc) is 3.19. The molecule has 1 aromatic carbocycles. The van der Waals surface area contributed by atoms with Crippen molar-refractivity contribution in [3.63, 3.8) is 0 Å². The Morgan fingerprint density at radius 1 is 1.30 bits per heavy atom. The zero-order valence-electron chi connectivity index (χ0n) is 16.3. The van der Waals surface area contributed by atoms with Crippen molar-refractivity contribution in [2.75, 3.05) is 36.8 Å². The number of nitrogens with zero attached hydrogens (tertiary/aromatic N) is 3. The van der Waals surface area contributed by atoms with Gasteiger partial charge in [0.25, 0.3) is 10.0 Å². The van der Waals surface area contributed by atoms with E-state index in [1.807, 2.05) is 18.8 Å². The summed E-state index contributed by atoms with van der Waals surface area (Å²) in [7, 11) is -0.734. The number of hydrogen-bond donors (Lipinski definition) is 1. The third-order valence-corrected chi connectivity index (χ3v) is 7.57. The molecule has 2 fully saturated rings. The zero-order valence-corrected chi connectivity index (χ0v) is 17.9. The first kappa shape index (κ1) is 21.2. The lowest BCUT2D eigenvalue weighted by molar-refractivity contribution is 0.335. The van der Waals surface area contributed by atoms with E-state index in [1.165, 1.54) is 6.07 Å². The number of aromatic nitrogens is 1. The second-order valence-electron chi connectivity index (χ2n) is 8.00. The van der Waals surface area contributed by atoms with Gasteiger partial charge in [0.2, 0.25) is 5.95 Å². The number of pyridine rings is 1. The summed E-state index contributed by atoms with van der Waals surface area (Å²) >= 11 is 6.14. The van der Waals surface area contributed by atoms with Crippen molar-refractivity contribution in [2.45, 2.75) is 23.8 Å². The molecule has 1 saturated carbocycles. The highest BCUT2D eigenvalue weighted by atomic mass is 35.5. The minimum atomic E-state index is -4.72. The highest BCUT2D eigenvalue weighted by Gasteiger charge is 2.58. The van der Waals surface area contributed by atoms with E-state index in [-0.39, 0.29) is 11.1 Å². The van der Waals surface area contributed by atoms with Crippen molar-refractivity contribution in [3.8, 4) is 0 Å². The molecule has 0 unspecified atom stereocenters. The molecule has 1 aliphatic heterocycles. The van der Waals surface area contributed by atoms with Crippen LogP contribution in [0.2, 0.25) is 5.02 Å². The number of anilines is 2. The minimum absolute atomic E-state index is 0.0646. The Kier molecular flexibility index (Phi) is 5.14. The summed E-state index contributed by atoms with van der Waals surface area (Å²) in [4.78, 5) is 6.04. The molecule has 11 heteroatoms. The molecule has 0 radical (unpaired) electrons. The quantitative estimate of drug-likeness (QED) is 0.546. The molecule has 30 heavy (non-hydrogen) atoms. The normalized spacial score (nSPS) is 23.4. The molecule has 1 N–H and O–H groups in total. The number of nitrogens with one attached hydrogen (secondary N) is 1. The molecule has 162 valence electrons. The van der Waals surface area contributed by atoms with E-state index in [0.29, 0.717) is 19.1 Å². The van der Waals surface area contributed by atoms with Crippen molar-refractivity contribution in [3.05, 3.63) is 46.9 Å². The number of halogens is 4. The lowest BCUT2D eigenvalue weighted by atomic mass is 10.1. The van der Waals surface area contributed by atoms with Gasteiger partial charge >= 0.3 is 0 Å². The van der Waals surface area contributed by atoms with E-state index >= 15 is 0 Å². The first-order valence-electron chi connectivity index (χ1n) is 9.28. The first-order valence-corrected chi connectivity index (χ1v) is 11.1. The largest absolute Gasteiger partial charge is 0.370 e. The second kappa shape index (κ2) is 7.28. The number of rotatable bonds is 5. The summed E-state index contributed by atoms with van der Waals surface area (Å²) in [5.74, 6) is -4.02. The molecule has 4 rings (SSSR count). The molecule has 0 bridgehead atoms. The van der Waals surface area contributed by atoms with Gasteiger partial charge < -0.3 is 9.80 Å². The van der Waals surface area contributed by atoms with E-state index in [0.717, 1.165) is 31.0 Å². The Morgan fingerprint density at radius 3 is 2.67 bits per heavy atom. The standard InChI is InChI=1S/C19H20ClF3N4O2S/c1-26(2)13-9-19(13)6-7-27(10-19)12-8-11(21)18(17(23)16(12)20)30(28,29)25-15-5-3-4-14(22)24-15/h3-5,8,13H,6-7,9-10H2,1-2H3,(H,24,25)/t13-,19+/m0/s1. The summed E-state index contributed by atoms with van der Waals surface area (Å²) in [5, 5.41) is -0.469. The van der Waals surface area contributed by atoms with Crippen LogP contribution < -0.4 is 9.62 Å². The molecular formula is C19H20ClF3N4O2S.